The lowest BCUT2D eigenvalue weighted by Crippen LogP contribution is -2.18. The molecule has 0 aliphatic carbocycles. The van der Waals surface area contributed by atoms with Crippen molar-refractivity contribution >= 4 is 17.1 Å². The molecule has 0 atom stereocenters. The maximum Gasteiger partial charge on any atom is 0.420 e. The SMILES string of the molecule is COC(=O)c1ccc2c(c1)oc(=O)n2CCOc1ccc(C(C)C)cc1. The number of benzene rings is 2. The number of nitrogens with zero attached hydrogens (tertiary/aromatic N) is 1. The van der Waals surface area contributed by atoms with Crippen molar-refractivity contribution in [3.05, 3.63) is 64.1 Å². The van der Waals surface area contributed by atoms with Crippen molar-refractivity contribution in [1.82, 2.24) is 4.57 Å². The van der Waals surface area contributed by atoms with E-state index in [9.17, 15) is 9.59 Å². The lowest BCUT2D eigenvalue weighted by Gasteiger charge is -2.09. The minimum absolute atomic E-state index is 0.328. The van der Waals surface area contributed by atoms with Gasteiger partial charge in [0.25, 0.3) is 0 Å². The van der Waals surface area contributed by atoms with Crippen LogP contribution in [-0.4, -0.2) is 24.3 Å². The maximum absolute atomic E-state index is 12.1. The van der Waals surface area contributed by atoms with E-state index >= 15 is 0 Å². The van der Waals surface area contributed by atoms with Crippen LogP contribution in [0.2, 0.25) is 0 Å². The Morgan fingerprint density at radius 1 is 1.15 bits per heavy atom. The molecular weight excluding hydrogens is 334 g/mol. The van der Waals surface area contributed by atoms with Crippen LogP contribution >= 0.6 is 0 Å². The first-order valence-electron chi connectivity index (χ1n) is 8.44. The van der Waals surface area contributed by atoms with Crippen LogP contribution in [0, 0.1) is 0 Å². The molecule has 0 saturated carbocycles. The number of hydrogen-bond acceptors (Lipinski definition) is 5. The lowest BCUT2D eigenvalue weighted by molar-refractivity contribution is 0.0600. The van der Waals surface area contributed by atoms with Crippen LogP contribution in [0.5, 0.6) is 5.75 Å². The number of rotatable bonds is 6. The molecule has 0 saturated heterocycles. The Labute approximate surface area is 150 Å². The zero-order chi connectivity index (χ0) is 18.7. The van der Waals surface area contributed by atoms with E-state index in [0.29, 0.717) is 35.7 Å². The Hall–Kier alpha value is -3.02. The summed E-state index contributed by atoms with van der Waals surface area (Å²) in [4.78, 5) is 23.7. The number of hydrogen-bond donors (Lipinski definition) is 0. The van der Waals surface area contributed by atoms with Crippen molar-refractivity contribution in [2.45, 2.75) is 26.3 Å². The Bertz CT molecular complexity index is 966. The predicted octanol–water partition coefficient (Wildman–Crippen LogP) is 3.58. The van der Waals surface area contributed by atoms with E-state index in [0.717, 1.165) is 5.75 Å². The molecule has 136 valence electrons. The smallest absolute Gasteiger partial charge is 0.420 e. The first-order chi connectivity index (χ1) is 12.5. The van der Waals surface area contributed by atoms with Crippen LogP contribution in [0.1, 0.15) is 35.7 Å². The first kappa shape index (κ1) is 17.8. The van der Waals surface area contributed by atoms with Gasteiger partial charge in [0.1, 0.15) is 12.4 Å². The number of carbonyl (C=O) groups excluding carboxylic acids is 1. The van der Waals surface area contributed by atoms with E-state index < -0.39 is 11.7 Å². The number of ether oxygens (including phenoxy) is 2. The number of esters is 1. The Balaban J connectivity index is 1.71. The summed E-state index contributed by atoms with van der Waals surface area (Å²) in [5.41, 5.74) is 2.54. The molecule has 1 aromatic heterocycles. The highest BCUT2D eigenvalue weighted by Crippen LogP contribution is 2.19. The number of oxazole rings is 1. The van der Waals surface area contributed by atoms with E-state index in [4.69, 9.17) is 9.15 Å². The molecule has 2 aromatic carbocycles. The summed E-state index contributed by atoms with van der Waals surface area (Å²) in [5, 5.41) is 0. The van der Waals surface area contributed by atoms with Crippen molar-refractivity contribution in [3.63, 3.8) is 0 Å². The fraction of sp³-hybridized carbons (Fsp3) is 0.300. The van der Waals surface area contributed by atoms with Gasteiger partial charge >= 0.3 is 11.7 Å². The van der Waals surface area contributed by atoms with Crippen LogP contribution in [0.25, 0.3) is 11.1 Å². The Morgan fingerprint density at radius 2 is 1.88 bits per heavy atom. The van der Waals surface area contributed by atoms with Gasteiger partial charge in [0.05, 0.1) is 24.7 Å². The minimum atomic E-state index is -0.485. The molecule has 0 unspecified atom stereocenters. The van der Waals surface area contributed by atoms with Crippen LogP contribution in [-0.2, 0) is 11.3 Å². The average molecular weight is 355 g/mol. The van der Waals surface area contributed by atoms with Crippen LogP contribution < -0.4 is 10.5 Å². The molecule has 3 rings (SSSR count). The Kier molecular flexibility index (Phi) is 5.11. The van der Waals surface area contributed by atoms with Gasteiger partial charge in [0.2, 0.25) is 0 Å². The molecular formula is C20H21NO5. The molecule has 3 aromatic rings. The third-order valence-corrected chi connectivity index (χ3v) is 4.22. The van der Waals surface area contributed by atoms with Gasteiger partial charge < -0.3 is 13.9 Å². The molecule has 26 heavy (non-hydrogen) atoms. The van der Waals surface area contributed by atoms with Crippen molar-refractivity contribution in [3.8, 4) is 5.75 Å². The van der Waals surface area contributed by atoms with Crippen LogP contribution in [0.4, 0.5) is 0 Å². The summed E-state index contributed by atoms with van der Waals surface area (Å²) in [6.45, 7) is 4.94. The van der Waals surface area contributed by atoms with Crippen molar-refractivity contribution in [2.24, 2.45) is 0 Å². The summed E-state index contributed by atoms with van der Waals surface area (Å²) in [5.74, 6) is 0.259. The molecule has 0 N–H and O–H groups in total. The average Bonchev–Trinajstić information content (AvgIpc) is 2.96. The molecule has 0 fully saturated rings. The molecule has 0 spiro atoms. The largest absolute Gasteiger partial charge is 0.492 e. The predicted molar refractivity (Wildman–Crippen MR) is 97.8 cm³/mol. The van der Waals surface area contributed by atoms with Gasteiger partial charge in [-0.1, -0.05) is 26.0 Å². The van der Waals surface area contributed by atoms with Gasteiger partial charge in [-0.15, -0.1) is 0 Å². The molecule has 1 heterocycles. The van der Waals surface area contributed by atoms with E-state index in [-0.39, 0.29) is 0 Å². The van der Waals surface area contributed by atoms with Crippen molar-refractivity contribution < 1.29 is 18.7 Å². The van der Waals surface area contributed by atoms with Crippen molar-refractivity contribution in [2.75, 3.05) is 13.7 Å². The second-order valence-corrected chi connectivity index (χ2v) is 6.27. The number of aromatic nitrogens is 1. The topological polar surface area (TPSA) is 70.7 Å². The highest BCUT2D eigenvalue weighted by Gasteiger charge is 2.13. The summed E-state index contributed by atoms with van der Waals surface area (Å²) < 4.78 is 17.1. The third kappa shape index (κ3) is 3.64. The minimum Gasteiger partial charge on any atom is -0.492 e. The molecule has 0 aliphatic heterocycles. The third-order valence-electron chi connectivity index (χ3n) is 4.22. The van der Waals surface area contributed by atoms with Crippen LogP contribution in [0.3, 0.4) is 0 Å². The molecule has 0 bridgehead atoms. The maximum atomic E-state index is 12.1. The second kappa shape index (κ2) is 7.47. The van der Waals surface area contributed by atoms with Gasteiger partial charge in [-0.2, -0.15) is 0 Å². The van der Waals surface area contributed by atoms with E-state index in [2.05, 4.69) is 18.6 Å². The van der Waals surface area contributed by atoms with Crippen molar-refractivity contribution in [1.29, 1.82) is 0 Å². The fourth-order valence-corrected chi connectivity index (χ4v) is 2.73. The van der Waals surface area contributed by atoms with Gasteiger partial charge in [-0.3, -0.25) is 4.57 Å². The summed E-state index contributed by atoms with van der Waals surface area (Å²) in [7, 11) is 1.30. The molecule has 0 aliphatic rings. The highest BCUT2D eigenvalue weighted by molar-refractivity contribution is 5.93. The van der Waals surface area contributed by atoms with Gasteiger partial charge in [-0.25, -0.2) is 9.59 Å². The zero-order valence-corrected chi connectivity index (χ0v) is 15.0. The molecule has 6 heteroatoms. The molecule has 6 nitrogen and oxygen atoms in total. The first-order valence-corrected chi connectivity index (χ1v) is 8.44. The fourth-order valence-electron chi connectivity index (χ4n) is 2.73. The number of carbonyl (C=O) groups is 1. The second-order valence-electron chi connectivity index (χ2n) is 6.27. The highest BCUT2D eigenvalue weighted by atomic mass is 16.5. The lowest BCUT2D eigenvalue weighted by atomic mass is 10.0. The normalized spacial score (nSPS) is 11.1. The molecule has 0 amide bonds. The van der Waals surface area contributed by atoms with E-state index in [1.807, 2.05) is 24.3 Å². The summed E-state index contributed by atoms with van der Waals surface area (Å²) in [6.07, 6.45) is 0. The van der Waals surface area contributed by atoms with E-state index in [1.54, 1.807) is 12.1 Å². The Morgan fingerprint density at radius 3 is 2.54 bits per heavy atom. The zero-order valence-electron chi connectivity index (χ0n) is 15.0. The van der Waals surface area contributed by atoms with Crippen LogP contribution in [0.15, 0.2) is 51.7 Å². The molecule has 0 radical (unpaired) electrons. The summed E-state index contributed by atoms with van der Waals surface area (Å²) >= 11 is 0. The van der Waals surface area contributed by atoms with Gasteiger partial charge in [0, 0.05) is 0 Å². The number of methoxy groups -OCH3 is 1. The van der Waals surface area contributed by atoms with Gasteiger partial charge in [0.15, 0.2) is 5.58 Å². The van der Waals surface area contributed by atoms with E-state index in [1.165, 1.54) is 23.3 Å². The standard InChI is InChI=1S/C20H21NO5/c1-13(2)14-4-7-16(8-5-14)25-11-10-21-17-9-6-15(19(22)24-3)12-18(17)26-20(21)23/h4-9,12-13H,10-11H2,1-3H3. The number of fused-ring (bicyclic) bond motifs is 1. The quantitative estimate of drug-likeness (QED) is 0.632. The van der Waals surface area contributed by atoms with Gasteiger partial charge in [-0.05, 0) is 41.8 Å². The summed E-state index contributed by atoms with van der Waals surface area (Å²) in [6, 6.07) is 12.7. The monoisotopic (exact) mass is 355 g/mol.